The molecule has 0 spiro atoms. The maximum absolute atomic E-state index is 14.1. The molecule has 3 rings (SSSR count). The van der Waals surface area contributed by atoms with Gasteiger partial charge >= 0.3 is 5.97 Å². The Morgan fingerprint density at radius 1 is 1.04 bits per heavy atom. The Labute approximate surface area is 145 Å². The number of hydrogen-bond acceptors (Lipinski definition) is 2. The number of carboxylic acids is 1. The van der Waals surface area contributed by atoms with Gasteiger partial charge in [0.2, 0.25) is 5.91 Å². The van der Waals surface area contributed by atoms with E-state index >= 15 is 0 Å². The summed E-state index contributed by atoms with van der Waals surface area (Å²) in [4.78, 5) is 25.8. The van der Waals surface area contributed by atoms with Crippen molar-refractivity contribution in [3.05, 3.63) is 35.4 Å². The van der Waals surface area contributed by atoms with Crippen molar-refractivity contribution in [2.24, 2.45) is 11.8 Å². The lowest BCUT2D eigenvalue weighted by Gasteiger charge is -2.31. The van der Waals surface area contributed by atoms with Crippen LogP contribution in [0.1, 0.15) is 50.5 Å². The molecule has 1 amide bonds. The number of carboxylic acid groups (broad SMARTS) is 1. The van der Waals surface area contributed by atoms with E-state index in [1.807, 2.05) is 0 Å². The average molecular weight is 351 g/mol. The molecule has 0 saturated heterocycles. The van der Waals surface area contributed by atoms with Crippen molar-refractivity contribution in [1.82, 2.24) is 4.90 Å². The van der Waals surface area contributed by atoms with Gasteiger partial charge in [0.25, 0.3) is 0 Å². The second kappa shape index (κ2) is 7.50. The number of rotatable bonds is 5. The molecular weight excluding hydrogens is 328 g/mol. The molecule has 0 heterocycles. The smallest absolute Gasteiger partial charge is 0.306 e. The predicted octanol–water partition coefficient (Wildman–Crippen LogP) is 3.74. The molecule has 136 valence electrons. The number of carbonyl (C=O) groups is 2. The number of benzene rings is 1. The van der Waals surface area contributed by atoms with Crippen LogP contribution in [0, 0.1) is 23.5 Å². The van der Waals surface area contributed by atoms with Crippen LogP contribution in [0.2, 0.25) is 0 Å². The molecule has 4 nitrogen and oxygen atoms in total. The van der Waals surface area contributed by atoms with Gasteiger partial charge in [-0.3, -0.25) is 9.59 Å². The molecule has 2 aliphatic carbocycles. The summed E-state index contributed by atoms with van der Waals surface area (Å²) >= 11 is 0. The van der Waals surface area contributed by atoms with Crippen molar-refractivity contribution in [2.45, 2.75) is 57.5 Å². The largest absolute Gasteiger partial charge is 0.481 e. The monoisotopic (exact) mass is 351 g/mol. The predicted molar refractivity (Wildman–Crippen MR) is 87.6 cm³/mol. The third kappa shape index (κ3) is 3.83. The molecule has 2 aliphatic rings. The highest BCUT2D eigenvalue weighted by Crippen LogP contribution is 2.35. The van der Waals surface area contributed by atoms with Crippen LogP contribution in [0.5, 0.6) is 0 Å². The molecule has 0 bridgehead atoms. The molecule has 25 heavy (non-hydrogen) atoms. The normalized spacial score (nSPS) is 23.8. The summed E-state index contributed by atoms with van der Waals surface area (Å²) in [6.45, 7) is -0.0871. The molecule has 2 saturated carbocycles. The van der Waals surface area contributed by atoms with Gasteiger partial charge in [-0.2, -0.15) is 0 Å². The van der Waals surface area contributed by atoms with Crippen molar-refractivity contribution < 1.29 is 23.5 Å². The van der Waals surface area contributed by atoms with E-state index < -0.39 is 23.5 Å². The summed E-state index contributed by atoms with van der Waals surface area (Å²) in [5, 5.41) is 9.15. The van der Waals surface area contributed by atoms with Crippen LogP contribution in [0.3, 0.4) is 0 Å². The van der Waals surface area contributed by atoms with Gasteiger partial charge in [-0.15, -0.1) is 0 Å². The summed E-state index contributed by atoms with van der Waals surface area (Å²) in [6, 6.07) is 3.69. The zero-order chi connectivity index (χ0) is 18.0. The molecule has 6 heteroatoms. The standard InChI is InChI=1S/C19H23F2NO3/c20-16-6-3-7-17(21)15(16)11-22(14-4-1-2-5-14)18(23)12-8-9-13(10-12)19(24)25/h3,6-7,12-14H,1-2,4-5,8-11H2,(H,24,25)/t12-,13+/m0/s1. The highest BCUT2D eigenvalue weighted by molar-refractivity contribution is 5.81. The SMILES string of the molecule is O=C(O)[C@@H]1CC[C@H](C(=O)N(Cc2c(F)cccc2F)C2CCCC2)C1. The van der Waals surface area contributed by atoms with E-state index in [4.69, 9.17) is 5.11 Å². The topological polar surface area (TPSA) is 57.6 Å². The Bertz CT molecular complexity index is 638. The summed E-state index contributed by atoms with van der Waals surface area (Å²) in [5.74, 6) is -3.18. The number of aliphatic carboxylic acids is 1. The first kappa shape index (κ1) is 17.8. The Morgan fingerprint density at radius 2 is 1.64 bits per heavy atom. The first-order valence-electron chi connectivity index (χ1n) is 8.93. The molecular formula is C19H23F2NO3. The van der Waals surface area contributed by atoms with E-state index in [1.54, 1.807) is 4.90 Å². The number of halogens is 2. The first-order valence-corrected chi connectivity index (χ1v) is 8.93. The zero-order valence-electron chi connectivity index (χ0n) is 14.1. The molecule has 0 aromatic heterocycles. The summed E-state index contributed by atoms with van der Waals surface area (Å²) in [7, 11) is 0. The fourth-order valence-corrected chi connectivity index (χ4v) is 4.12. The van der Waals surface area contributed by atoms with Gasteiger partial charge in [0.05, 0.1) is 12.5 Å². The van der Waals surface area contributed by atoms with Gasteiger partial charge in [0.15, 0.2) is 0 Å². The Hall–Kier alpha value is -1.98. The van der Waals surface area contributed by atoms with Crippen LogP contribution in [-0.4, -0.2) is 27.9 Å². The van der Waals surface area contributed by atoms with Crippen LogP contribution in [0.25, 0.3) is 0 Å². The number of carbonyl (C=O) groups excluding carboxylic acids is 1. The Kier molecular flexibility index (Phi) is 5.35. The van der Waals surface area contributed by atoms with Crippen LogP contribution < -0.4 is 0 Å². The van der Waals surface area contributed by atoms with E-state index in [9.17, 15) is 18.4 Å². The fraction of sp³-hybridized carbons (Fsp3) is 0.579. The van der Waals surface area contributed by atoms with Gasteiger partial charge in [0, 0.05) is 17.5 Å². The van der Waals surface area contributed by atoms with Crippen molar-refractivity contribution in [3.63, 3.8) is 0 Å². The van der Waals surface area contributed by atoms with Crippen LogP contribution in [0.15, 0.2) is 18.2 Å². The van der Waals surface area contributed by atoms with Gasteiger partial charge in [-0.1, -0.05) is 18.9 Å². The number of hydrogen-bond donors (Lipinski definition) is 1. The molecule has 0 unspecified atom stereocenters. The Balaban J connectivity index is 1.80. The molecule has 0 radical (unpaired) electrons. The molecule has 1 aromatic carbocycles. The van der Waals surface area contributed by atoms with Gasteiger partial charge < -0.3 is 10.0 Å². The zero-order valence-corrected chi connectivity index (χ0v) is 14.1. The molecule has 1 N–H and O–H groups in total. The van der Waals surface area contributed by atoms with E-state index in [1.165, 1.54) is 18.2 Å². The van der Waals surface area contributed by atoms with E-state index in [0.717, 1.165) is 25.7 Å². The van der Waals surface area contributed by atoms with Crippen LogP contribution in [-0.2, 0) is 16.1 Å². The lowest BCUT2D eigenvalue weighted by atomic mass is 10.0. The Morgan fingerprint density at radius 3 is 2.20 bits per heavy atom. The fourth-order valence-electron chi connectivity index (χ4n) is 4.12. The van der Waals surface area contributed by atoms with E-state index in [0.29, 0.717) is 19.3 Å². The minimum absolute atomic E-state index is 0.0182. The third-order valence-electron chi connectivity index (χ3n) is 5.57. The average Bonchev–Trinajstić information content (AvgIpc) is 3.26. The molecule has 1 aromatic rings. The van der Waals surface area contributed by atoms with Gasteiger partial charge in [-0.25, -0.2) is 8.78 Å². The summed E-state index contributed by atoms with van der Waals surface area (Å²) in [5.41, 5.74) is -0.0875. The maximum Gasteiger partial charge on any atom is 0.306 e. The molecule has 2 fully saturated rings. The van der Waals surface area contributed by atoms with Gasteiger partial charge in [-0.05, 0) is 44.2 Å². The highest BCUT2D eigenvalue weighted by Gasteiger charge is 2.38. The van der Waals surface area contributed by atoms with Crippen molar-refractivity contribution in [2.75, 3.05) is 0 Å². The highest BCUT2D eigenvalue weighted by atomic mass is 19.1. The lowest BCUT2D eigenvalue weighted by Crippen LogP contribution is -2.42. The number of amides is 1. The minimum atomic E-state index is -0.872. The van der Waals surface area contributed by atoms with Crippen molar-refractivity contribution in [3.8, 4) is 0 Å². The molecule has 2 atom stereocenters. The maximum atomic E-state index is 14.1. The summed E-state index contributed by atoms with van der Waals surface area (Å²) < 4.78 is 28.1. The van der Waals surface area contributed by atoms with Gasteiger partial charge in [0.1, 0.15) is 11.6 Å². The van der Waals surface area contributed by atoms with E-state index in [2.05, 4.69) is 0 Å². The third-order valence-corrected chi connectivity index (χ3v) is 5.57. The van der Waals surface area contributed by atoms with Crippen LogP contribution in [0.4, 0.5) is 8.78 Å². The lowest BCUT2D eigenvalue weighted by molar-refractivity contribution is -0.142. The van der Waals surface area contributed by atoms with E-state index in [-0.39, 0.29) is 30.0 Å². The van der Waals surface area contributed by atoms with Crippen LogP contribution >= 0.6 is 0 Å². The first-order chi connectivity index (χ1) is 12.0. The van der Waals surface area contributed by atoms with Crippen molar-refractivity contribution >= 4 is 11.9 Å². The number of nitrogens with zero attached hydrogens (tertiary/aromatic N) is 1. The molecule has 0 aliphatic heterocycles. The van der Waals surface area contributed by atoms with Crippen molar-refractivity contribution in [1.29, 1.82) is 0 Å². The second-order valence-electron chi connectivity index (χ2n) is 7.15. The second-order valence-corrected chi connectivity index (χ2v) is 7.15. The minimum Gasteiger partial charge on any atom is -0.481 e. The summed E-state index contributed by atoms with van der Waals surface area (Å²) in [6.07, 6.45) is 4.98. The quantitative estimate of drug-likeness (QED) is 0.879.